The fourth-order valence-corrected chi connectivity index (χ4v) is 2.07. The van der Waals surface area contributed by atoms with E-state index in [2.05, 4.69) is 5.32 Å². The van der Waals surface area contributed by atoms with Crippen molar-refractivity contribution >= 4 is 17.8 Å². The predicted molar refractivity (Wildman–Crippen MR) is 60.3 cm³/mol. The van der Waals surface area contributed by atoms with Crippen LogP contribution in [0.2, 0.25) is 0 Å². The van der Waals surface area contributed by atoms with Crippen LogP contribution in [0.3, 0.4) is 0 Å². The number of likely N-dealkylation sites (tertiary alicyclic amines) is 1. The monoisotopic (exact) mass is 242 g/mol. The molecular weight excluding hydrogens is 224 g/mol. The van der Waals surface area contributed by atoms with Gasteiger partial charge in [-0.1, -0.05) is 0 Å². The number of aliphatic carboxylic acids is 1. The van der Waals surface area contributed by atoms with Crippen molar-refractivity contribution in [1.29, 1.82) is 0 Å². The maximum Gasteiger partial charge on any atom is 0.305 e. The Balaban J connectivity index is 2.39. The summed E-state index contributed by atoms with van der Waals surface area (Å²) in [7, 11) is 0. The fourth-order valence-electron chi connectivity index (χ4n) is 2.07. The van der Waals surface area contributed by atoms with Crippen LogP contribution in [-0.4, -0.2) is 46.9 Å². The highest BCUT2D eigenvalue weighted by molar-refractivity contribution is 5.79. The summed E-state index contributed by atoms with van der Waals surface area (Å²) in [6.45, 7) is 2.33. The summed E-state index contributed by atoms with van der Waals surface area (Å²) in [6.07, 6.45) is 1.84. The quantitative estimate of drug-likeness (QED) is 0.709. The lowest BCUT2D eigenvalue weighted by Crippen LogP contribution is -2.38. The molecule has 0 bridgehead atoms. The third-order valence-corrected chi connectivity index (χ3v) is 2.82. The molecule has 0 saturated carbocycles. The molecule has 1 rings (SSSR count). The van der Waals surface area contributed by atoms with E-state index >= 15 is 0 Å². The zero-order valence-electron chi connectivity index (χ0n) is 9.94. The molecule has 1 heterocycles. The van der Waals surface area contributed by atoms with Crippen molar-refractivity contribution in [3.63, 3.8) is 0 Å². The summed E-state index contributed by atoms with van der Waals surface area (Å²) in [4.78, 5) is 34.7. The summed E-state index contributed by atoms with van der Waals surface area (Å²) >= 11 is 0. The summed E-state index contributed by atoms with van der Waals surface area (Å²) in [5, 5.41) is 11.3. The van der Waals surface area contributed by atoms with Gasteiger partial charge in [-0.2, -0.15) is 0 Å². The molecule has 1 fully saturated rings. The van der Waals surface area contributed by atoms with Gasteiger partial charge in [-0.25, -0.2) is 0 Å². The van der Waals surface area contributed by atoms with E-state index in [9.17, 15) is 14.4 Å². The van der Waals surface area contributed by atoms with E-state index in [1.54, 1.807) is 4.90 Å². The van der Waals surface area contributed by atoms with E-state index in [4.69, 9.17) is 5.11 Å². The number of rotatable bonds is 5. The third-order valence-electron chi connectivity index (χ3n) is 2.82. The van der Waals surface area contributed by atoms with Crippen molar-refractivity contribution in [3.8, 4) is 0 Å². The van der Waals surface area contributed by atoms with Gasteiger partial charge in [0.25, 0.3) is 0 Å². The molecule has 1 aliphatic rings. The minimum absolute atomic E-state index is 0.00583. The normalized spacial score (nSPS) is 19.1. The SMILES string of the molecule is CC(=O)NCCC(=O)N1CCCC1CC(=O)O. The fraction of sp³-hybridized carbons (Fsp3) is 0.727. The number of nitrogens with one attached hydrogen (secondary N) is 1. The summed E-state index contributed by atoms with van der Waals surface area (Å²) in [5.74, 6) is -1.12. The summed E-state index contributed by atoms with van der Waals surface area (Å²) < 4.78 is 0. The van der Waals surface area contributed by atoms with Gasteiger partial charge in [0.05, 0.1) is 6.42 Å². The Hall–Kier alpha value is -1.59. The van der Waals surface area contributed by atoms with Gasteiger partial charge in [-0.15, -0.1) is 0 Å². The first-order chi connectivity index (χ1) is 8.00. The Morgan fingerprint density at radius 3 is 2.71 bits per heavy atom. The molecule has 2 N–H and O–H groups in total. The van der Waals surface area contributed by atoms with Crippen LogP contribution >= 0.6 is 0 Å². The second-order valence-corrected chi connectivity index (χ2v) is 4.21. The third kappa shape index (κ3) is 4.42. The molecule has 0 aromatic rings. The van der Waals surface area contributed by atoms with Gasteiger partial charge >= 0.3 is 5.97 Å². The average molecular weight is 242 g/mol. The van der Waals surface area contributed by atoms with Crippen LogP contribution in [0.4, 0.5) is 0 Å². The largest absolute Gasteiger partial charge is 0.481 e. The van der Waals surface area contributed by atoms with Gasteiger partial charge in [0.15, 0.2) is 0 Å². The lowest BCUT2D eigenvalue weighted by Gasteiger charge is -2.23. The molecule has 6 heteroatoms. The molecule has 0 aromatic carbocycles. The smallest absolute Gasteiger partial charge is 0.305 e. The molecule has 2 amide bonds. The number of hydrogen-bond donors (Lipinski definition) is 2. The van der Waals surface area contributed by atoms with Gasteiger partial charge in [-0.05, 0) is 12.8 Å². The molecule has 0 aliphatic carbocycles. The van der Waals surface area contributed by atoms with Gasteiger partial charge in [0, 0.05) is 32.5 Å². The number of nitrogens with zero attached hydrogens (tertiary/aromatic N) is 1. The topological polar surface area (TPSA) is 86.7 Å². The molecule has 6 nitrogen and oxygen atoms in total. The average Bonchev–Trinajstić information content (AvgIpc) is 2.64. The second-order valence-electron chi connectivity index (χ2n) is 4.21. The Kier molecular flexibility index (Phi) is 4.93. The van der Waals surface area contributed by atoms with Crippen LogP contribution < -0.4 is 5.32 Å². The Bertz CT molecular complexity index is 317. The van der Waals surface area contributed by atoms with Gasteiger partial charge in [0.2, 0.25) is 11.8 Å². The lowest BCUT2D eigenvalue weighted by atomic mass is 10.1. The molecule has 1 unspecified atom stereocenters. The predicted octanol–water partition coefficient (Wildman–Crippen LogP) is -0.0217. The standard InChI is InChI=1S/C11H18N2O4/c1-8(14)12-5-4-10(15)13-6-2-3-9(13)7-11(16)17/h9H,2-7H2,1H3,(H,12,14)(H,16,17). The highest BCUT2D eigenvalue weighted by Gasteiger charge is 2.29. The Labute approximate surface area is 100.0 Å². The molecule has 1 aliphatic heterocycles. The number of hydrogen-bond acceptors (Lipinski definition) is 3. The number of carbonyl (C=O) groups is 3. The van der Waals surface area contributed by atoms with E-state index < -0.39 is 5.97 Å². The highest BCUT2D eigenvalue weighted by atomic mass is 16.4. The molecule has 0 radical (unpaired) electrons. The maximum absolute atomic E-state index is 11.8. The van der Waals surface area contributed by atoms with E-state index in [-0.39, 0.29) is 30.7 Å². The van der Waals surface area contributed by atoms with Crippen LogP contribution in [0.25, 0.3) is 0 Å². The molecule has 0 spiro atoms. The lowest BCUT2D eigenvalue weighted by molar-refractivity contribution is -0.139. The highest BCUT2D eigenvalue weighted by Crippen LogP contribution is 2.20. The Morgan fingerprint density at radius 2 is 2.12 bits per heavy atom. The first-order valence-corrected chi connectivity index (χ1v) is 5.76. The van der Waals surface area contributed by atoms with Gasteiger partial charge < -0.3 is 15.3 Å². The molecule has 1 saturated heterocycles. The van der Waals surface area contributed by atoms with E-state index in [0.717, 1.165) is 12.8 Å². The second kappa shape index (κ2) is 6.22. The summed E-state index contributed by atoms with van der Waals surface area (Å²) in [5.41, 5.74) is 0. The van der Waals surface area contributed by atoms with Crippen LogP contribution in [0, 0.1) is 0 Å². The van der Waals surface area contributed by atoms with Crippen LogP contribution in [0.5, 0.6) is 0 Å². The zero-order chi connectivity index (χ0) is 12.8. The van der Waals surface area contributed by atoms with E-state index in [1.807, 2.05) is 0 Å². The van der Waals surface area contributed by atoms with Crippen molar-refractivity contribution in [1.82, 2.24) is 10.2 Å². The minimum Gasteiger partial charge on any atom is -0.481 e. The van der Waals surface area contributed by atoms with E-state index in [0.29, 0.717) is 13.1 Å². The van der Waals surface area contributed by atoms with Crippen LogP contribution in [-0.2, 0) is 14.4 Å². The van der Waals surface area contributed by atoms with E-state index in [1.165, 1.54) is 6.92 Å². The number of carboxylic acids is 1. The zero-order valence-corrected chi connectivity index (χ0v) is 9.94. The van der Waals surface area contributed by atoms with Crippen molar-refractivity contribution in [2.45, 2.75) is 38.6 Å². The maximum atomic E-state index is 11.8. The molecule has 96 valence electrons. The van der Waals surface area contributed by atoms with Crippen molar-refractivity contribution in [3.05, 3.63) is 0 Å². The minimum atomic E-state index is -0.878. The first-order valence-electron chi connectivity index (χ1n) is 5.76. The van der Waals surface area contributed by atoms with Crippen LogP contribution in [0.1, 0.15) is 32.6 Å². The van der Waals surface area contributed by atoms with Gasteiger partial charge in [0.1, 0.15) is 0 Å². The number of carbonyl (C=O) groups excluding carboxylic acids is 2. The number of carboxylic acid groups (broad SMARTS) is 1. The molecule has 1 atom stereocenters. The Morgan fingerprint density at radius 1 is 1.41 bits per heavy atom. The molecule has 17 heavy (non-hydrogen) atoms. The molecular formula is C11H18N2O4. The summed E-state index contributed by atoms with van der Waals surface area (Å²) in [6, 6.07) is -0.183. The number of amides is 2. The van der Waals surface area contributed by atoms with Crippen molar-refractivity contribution in [2.75, 3.05) is 13.1 Å². The molecule has 0 aromatic heterocycles. The van der Waals surface area contributed by atoms with Crippen molar-refractivity contribution in [2.24, 2.45) is 0 Å². The van der Waals surface area contributed by atoms with Gasteiger partial charge in [-0.3, -0.25) is 14.4 Å². The van der Waals surface area contributed by atoms with Crippen molar-refractivity contribution < 1.29 is 19.5 Å². The van der Waals surface area contributed by atoms with Crippen LogP contribution in [0.15, 0.2) is 0 Å². The first kappa shape index (κ1) is 13.5.